The Morgan fingerprint density at radius 1 is 1.32 bits per heavy atom. The van der Waals surface area contributed by atoms with Crippen LogP contribution in [0.3, 0.4) is 0 Å². The highest BCUT2D eigenvalue weighted by Gasteiger charge is 2.19. The van der Waals surface area contributed by atoms with Crippen LogP contribution in [0, 0.1) is 6.92 Å². The molecule has 3 N–H and O–H groups in total. The lowest BCUT2D eigenvalue weighted by molar-refractivity contribution is -0.117. The van der Waals surface area contributed by atoms with Gasteiger partial charge in [-0.3, -0.25) is 9.78 Å². The Hall–Kier alpha value is -2.24. The maximum Gasteiger partial charge on any atom is 0.233 e. The summed E-state index contributed by atoms with van der Waals surface area (Å²) in [6.45, 7) is 2.30. The lowest BCUT2D eigenvalue weighted by Gasteiger charge is -2.14. The summed E-state index contributed by atoms with van der Waals surface area (Å²) in [5, 5.41) is 4.86. The molecule has 1 aromatic carbocycles. The smallest absolute Gasteiger partial charge is 0.233 e. The van der Waals surface area contributed by atoms with Crippen LogP contribution in [-0.2, 0) is 4.79 Å². The number of nitrogens with one attached hydrogen (secondary N) is 1. The highest BCUT2D eigenvalue weighted by molar-refractivity contribution is 7.22. The van der Waals surface area contributed by atoms with Crippen molar-refractivity contribution in [1.82, 2.24) is 4.98 Å². The molecule has 2 aromatic heterocycles. The molecule has 2 heterocycles. The third-order valence-electron chi connectivity index (χ3n) is 3.60. The molecule has 0 bridgehead atoms. The topological polar surface area (TPSA) is 68.0 Å². The number of aromatic nitrogens is 1. The molecular weight excluding hydrogens is 294 g/mol. The van der Waals surface area contributed by atoms with Crippen molar-refractivity contribution < 1.29 is 4.79 Å². The van der Waals surface area contributed by atoms with E-state index in [4.69, 9.17) is 5.73 Å². The highest BCUT2D eigenvalue weighted by atomic mass is 32.1. The minimum absolute atomic E-state index is 0.0779. The van der Waals surface area contributed by atoms with Gasteiger partial charge in [-0.15, -0.1) is 11.3 Å². The van der Waals surface area contributed by atoms with Gasteiger partial charge in [0.05, 0.1) is 15.6 Å². The fourth-order valence-electron chi connectivity index (χ4n) is 2.35. The zero-order chi connectivity index (χ0) is 15.5. The van der Waals surface area contributed by atoms with Gasteiger partial charge in [0, 0.05) is 18.9 Å². The summed E-state index contributed by atoms with van der Waals surface area (Å²) in [6, 6.07) is 11.8. The molecule has 0 saturated heterocycles. The summed E-state index contributed by atoms with van der Waals surface area (Å²) < 4.78 is 1.05. The minimum atomic E-state index is -0.344. The molecule has 0 fully saturated rings. The third kappa shape index (κ3) is 3.00. The van der Waals surface area contributed by atoms with Crippen LogP contribution in [0.25, 0.3) is 10.1 Å². The van der Waals surface area contributed by atoms with Crippen LogP contribution in [0.4, 0.5) is 5.00 Å². The second kappa shape index (κ2) is 6.25. The molecule has 1 unspecified atom stereocenters. The van der Waals surface area contributed by atoms with E-state index in [1.54, 1.807) is 12.4 Å². The zero-order valence-corrected chi connectivity index (χ0v) is 13.1. The number of carbonyl (C=O) groups is 1. The van der Waals surface area contributed by atoms with Gasteiger partial charge in [-0.2, -0.15) is 0 Å². The van der Waals surface area contributed by atoms with Gasteiger partial charge >= 0.3 is 0 Å². The largest absolute Gasteiger partial charge is 0.329 e. The Balaban J connectivity index is 1.80. The first kappa shape index (κ1) is 14.7. The predicted molar refractivity (Wildman–Crippen MR) is 91.2 cm³/mol. The van der Waals surface area contributed by atoms with Gasteiger partial charge in [0.2, 0.25) is 5.91 Å². The van der Waals surface area contributed by atoms with Crippen LogP contribution >= 0.6 is 11.3 Å². The average Bonchev–Trinajstić information content (AvgIpc) is 2.92. The number of benzene rings is 1. The number of carbonyl (C=O) groups excluding carboxylic acids is 1. The van der Waals surface area contributed by atoms with E-state index in [2.05, 4.69) is 10.3 Å². The summed E-state index contributed by atoms with van der Waals surface area (Å²) in [6.07, 6.45) is 3.55. The van der Waals surface area contributed by atoms with Gasteiger partial charge in [-0.05, 0) is 30.0 Å². The van der Waals surface area contributed by atoms with E-state index < -0.39 is 0 Å². The number of anilines is 1. The van der Waals surface area contributed by atoms with Crippen molar-refractivity contribution in [1.29, 1.82) is 0 Å². The van der Waals surface area contributed by atoms with Gasteiger partial charge in [-0.1, -0.05) is 29.8 Å². The van der Waals surface area contributed by atoms with E-state index in [1.165, 1.54) is 11.3 Å². The molecule has 1 atom stereocenters. The molecule has 3 rings (SSSR count). The number of nitrogens with zero attached hydrogens (tertiary/aromatic N) is 1. The molecular formula is C17H17N3OS. The Morgan fingerprint density at radius 3 is 2.77 bits per heavy atom. The van der Waals surface area contributed by atoms with E-state index >= 15 is 0 Å². The van der Waals surface area contributed by atoms with Crippen LogP contribution in [0.2, 0.25) is 0 Å². The van der Waals surface area contributed by atoms with Gasteiger partial charge in [-0.25, -0.2) is 0 Å². The number of rotatable bonds is 4. The van der Waals surface area contributed by atoms with Crippen LogP contribution < -0.4 is 11.1 Å². The number of thiophene rings is 1. The molecule has 22 heavy (non-hydrogen) atoms. The van der Waals surface area contributed by atoms with E-state index in [9.17, 15) is 4.79 Å². The molecule has 0 aliphatic carbocycles. The fourth-order valence-corrected chi connectivity index (χ4v) is 3.28. The van der Waals surface area contributed by atoms with Crippen molar-refractivity contribution in [3.8, 4) is 0 Å². The summed E-state index contributed by atoms with van der Waals surface area (Å²) in [5.41, 5.74) is 7.91. The lowest BCUT2D eigenvalue weighted by Crippen LogP contribution is -2.27. The zero-order valence-electron chi connectivity index (χ0n) is 12.2. The number of pyridine rings is 1. The SMILES string of the molecule is Cc1ccc(C(CN)C(=O)Nc2cc3ccncc3s2)cc1. The Bertz CT molecular complexity index is 762. The van der Waals surface area contributed by atoms with E-state index in [0.29, 0.717) is 0 Å². The number of hydrogen-bond acceptors (Lipinski definition) is 4. The number of nitrogens with two attached hydrogens (primary N) is 1. The molecule has 0 spiro atoms. The third-order valence-corrected chi connectivity index (χ3v) is 4.60. The Labute approximate surface area is 133 Å². The van der Waals surface area contributed by atoms with Crippen LogP contribution in [0.15, 0.2) is 48.8 Å². The van der Waals surface area contributed by atoms with Gasteiger partial charge in [0.25, 0.3) is 0 Å². The molecule has 0 saturated carbocycles. The van der Waals surface area contributed by atoms with Crippen LogP contribution in [0.1, 0.15) is 17.0 Å². The first-order chi connectivity index (χ1) is 10.7. The van der Waals surface area contributed by atoms with Crippen molar-refractivity contribution in [3.63, 3.8) is 0 Å². The fraction of sp³-hybridized carbons (Fsp3) is 0.176. The predicted octanol–water partition coefficient (Wildman–Crippen LogP) is 3.29. The van der Waals surface area contributed by atoms with Crippen molar-refractivity contribution in [2.75, 3.05) is 11.9 Å². The molecule has 1 amide bonds. The molecule has 0 aliphatic heterocycles. The van der Waals surface area contributed by atoms with Crippen molar-refractivity contribution >= 4 is 32.3 Å². The lowest BCUT2D eigenvalue weighted by atomic mass is 9.97. The second-order valence-electron chi connectivity index (χ2n) is 5.21. The van der Waals surface area contributed by atoms with Crippen molar-refractivity contribution in [2.24, 2.45) is 5.73 Å². The monoisotopic (exact) mass is 311 g/mol. The minimum Gasteiger partial charge on any atom is -0.329 e. The van der Waals surface area contributed by atoms with Gasteiger partial charge in [0.15, 0.2) is 0 Å². The summed E-state index contributed by atoms with van der Waals surface area (Å²) in [4.78, 5) is 16.6. The number of fused-ring (bicyclic) bond motifs is 1. The Morgan fingerprint density at radius 2 is 2.09 bits per heavy atom. The normalized spacial score (nSPS) is 12.3. The summed E-state index contributed by atoms with van der Waals surface area (Å²) in [7, 11) is 0. The number of aryl methyl sites for hydroxylation is 1. The maximum absolute atomic E-state index is 12.5. The number of hydrogen-bond donors (Lipinski definition) is 2. The van der Waals surface area contributed by atoms with Crippen LogP contribution in [-0.4, -0.2) is 17.4 Å². The second-order valence-corrected chi connectivity index (χ2v) is 6.30. The molecule has 3 aromatic rings. The van der Waals surface area contributed by atoms with E-state index in [1.807, 2.05) is 43.3 Å². The highest BCUT2D eigenvalue weighted by Crippen LogP contribution is 2.29. The van der Waals surface area contributed by atoms with Gasteiger partial charge in [0.1, 0.15) is 0 Å². The standard InChI is InChI=1S/C17H17N3OS/c1-11-2-4-12(5-3-11)14(9-18)17(21)20-16-8-13-6-7-19-10-15(13)22-16/h2-8,10,14H,9,18H2,1H3,(H,20,21). The molecule has 4 nitrogen and oxygen atoms in total. The Kier molecular flexibility index (Phi) is 4.18. The van der Waals surface area contributed by atoms with Crippen LogP contribution in [0.5, 0.6) is 0 Å². The quantitative estimate of drug-likeness (QED) is 0.777. The molecule has 5 heteroatoms. The van der Waals surface area contributed by atoms with Crippen molar-refractivity contribution in [2.45, 2.75) is 12.8 Å². The number of amides is 1. The summed E-state index contributed by atoms with van der Waals surface area (Å²) in [5.74, 6) is -0.421. The molecule has 112 valence electrons. The maximum atomic E-state index is 12.5. The average molecular weight is 311 g/mol. The molecule has 0 radical (unpaired) electrons. The first-order valence-corrected chi connectivity index (χ1v) is 7.90. The van der Waals surface area contributed by atoms with E-state index in [-0.39, 0.29) is 18.4 Å². The van der Waals surface area contributed by atoms with Gasteiger partial charge < -0.3 is 11.1 Å². The van der Waals surface area contributed by atoms with E-state index in [0.717, 1.165) is 26.2 Å². The van der Waals surface area contributed by atoms with Crippen molar-refractivity contribution in [3.05, 3.63) is 59.9 Å². The summed E-state index contributed by atoms with van der Waals surface area (Å²) >= 11 is 1.52. The first-order valence-electron chi connectivity index (χ1n) is 7.08. The molecule has 0 aliphatic rings.